The summed E-state index contributed by atoms with van der Waals surface area (Å²) in [5.74, 6) is 1.44. The molecule has 0 bridgehead atoms. The molecule has 0 atom stereocenters. The number of nitrogens with one attached hydrogen (secondary N) is 2. The minimum absolute atomic E-state index is 0. The van der Waals surface area contributed by atoms with E-state index in [1.54, 1.807) is 6.07 Å². The minimum Gasteiger partial charge on any atom is -0.381 e. The zero-order valence-electron chi connectivity index (χ0n) is 16.8. The Labute approximate surface area is 180 Å². The Hall–Kier alpha value is -0.930. The molecule has 0 saturated heterocycles. The predicted molar refractivity (Wildman–Crippen MR) is 120 cm³/mol. The lowest BCUT2D eigenvalue weighted by Crippen LogP contribution is -2.38. The van der Waals surface area contributed by atoms with Crippen LogP contribution in [0.2, 0.25) is 0 Å². The summed E-state index contributed by atoms with van der Waals surface area (Å²) in [6, 6.07) is 5.22. The first-order valence-corrected chi connectivity index (χ1v) is 9.60. The molecule has 1 fully saturated rings. The van der Waals surface area contributed by atoms with Crippen molar-refractivity contribution in [3.8, 4) is 0 Å². The molecule has 1 aliphatic rings. The third-order valence-corrected chi connectivity index (χ3v) is 4.17. The molecule has 1 aliphatic carbocycles. The first-order valence-electron chi connectivity index (χ1n) is 9.60. The van der Waals surface area contributed by atoms with Crippen LogP contribution in [-0.2, 0) is 17.8 Å². The van der Waals surface area contributed by atoms with Crippen LogP contribution in [0.5, 0.6) is 0 Å². The molecule has 1 saturated carbocycles. The fourth-order valence-electron chi connectivity index (χ4n) is 2.62. The molecule has 0 amide bonds. The summed E-state index contributed by atoms with van der Waals surface area (Å²) < 4.78 is 19.5. The molecule has 0 radical (unpaired) electrons. The molecule has 2 rings (SSSR count). The summed E-state index contributed by atoms with van der Waals surface area (Å²) >= 11 is 0. The molecular formula is C20H34FIN4O. The van der Waals surface area contributed by atoms with Gasteiger partial charge in [0.25, 0.3) is 0 Å². The van der Waals surface area contributed by atoms with Gasteiger partial charge in [-0.05, 0) is 63.9 Å². The maximum absolute atomic E-state index is 13.9. The van der Waals surface area contributed by atoms with Crippen LogP contribution in [0.25, 0.3) is 0 Å². The zero-order chi connectivity index (χ0) is 18.8. The first kappa shape index (κ1) is 24.1. The quantitative estimate of drug-likeness (QED) is 0.215. The van der Waals surface area contributed by atoms with Gasteiger partial charge in [0.05, 0.1) is 6.54 Å². The van der Waals surface area contributed by atoms with E-state index in [2.05, 4.69) is 15.6 Å². The molecule has 27 heavy (non-hydrogen) atoms. The minimum atomic E-state index is -0.164. The molecule has 0 aromatic heterocycles. The molecule has 154 valence electrons. The van der Waals surface area contributed by atoms with Crippen LogP contribution in [0, 0.1) is 11.7 Å². The zero-order valence-corrected chi connectivity index (χ0v) is 19.1. The number of aliphatic imine (C=N–C) groups is 1. The molecule has 0 unspecified atom stereocenters. The van der Waals surface area contributed by atoms with Crippen molar-refractivity contribution in [1.82, 2.24) is 15.5 Å². The predicted octanol–water partition coefficient (Wildman–Crippen LogP) is 3.38. The summed E-state index contributed by atoms with van der Waals surface area (Å²) in [7, 11) is 3.87. The Bertz CT molecular complexity index is 579. The van der Waals surface area contributed by atoms with Gasteiger partial charge in [0, 0.05) is 38.4 Å². The molecule has 5 nitrogen and oxygen atoms in total. The van der Waals surface area contributed by atoms with Crippen LogP contribution in [0.4, 0.5) is 4.39 Å². The van der Waals surface area contributed by atoms with Gasteiger partial charge in [-0.2, -0.15) is 0 Å². The Morgan fingerprint density at radius 3 is 2.74 bits per heavy atom. The van der Waals surface area contributed by atoms with Crippen LogP contribution >= 0.6 is 24.0 Å². The highest BCUT2D eigenvalue weighted by Crippen LogP contribution is 2.28. The fourth-order valence-corrected chi connectivity index (χ4v) is 2.62. The van der Waals surface area contributed by atoms with Crippen molar-refractivity contribution in [1.29, 1.82) is 0 Å². The second kappa shape index (κ2) is 13.3. The lowest BCUT2D eigenvalue weighted by molar-refractivity contribution is 0.123. The van der Waals surface area contributed by atoms with E-state index in [1.807, 2.05) is 32.0 Å². The standard InChI is InChI=1S/C20H33FN4O.HI/c1-4-22-20(23-10-5-11-26-15-16-6-7-16)24-13-17-8-9-19(21)18(12-17)14-25(2)3;/h8-9,12,16H,4-7,10-11,13-15H2,1-3H3,(H2,22,23,24);1H. The second-order valence-corrected chi connectivity index (χ2v) is 7.16. The number of benzene rings is 1. The maximum atomic E-state index is 13.9. The Morgan fingerprint density at radius 1 is 1.30 bits per heavy atom. The number of hydrogen-bond acceptors (Lipinski definition) is 3. The van der Waals surface area contributed by atoms with E-state index in [1.165, 1.54) is 18.9 Å². The summed E-state index contributed by atoms with van der Waals surface area (Å²) in [5.41, 5.74) is 1.71. The van der Waals surface area contributed by atoms with E-state index >= 15 is 0 Å². The number of guanidine groups is 1. The molecule has 2 N–H and O–H groups in total. The van der Waals surface area contributed by atoms with Crippen molar-refractivity contribution >= 4 is 29.9 Å². The number of ether oxygens (including phenoxy) is 1. The van der Waals surface area contributed by atoms with Crippen LogP contribution < -0.4 is 10.6 Å². The number of rotatable bonds is 11. The largest absolute Gasteiger partial charge is 0.381 e. The summed E-state index contributed by atoms with van der Waals surface area (Å²) in [6.07, 6.45) is 3.62. The van der Waals surface area contributed by atoms with E-state index in [0.29, 0.717) is 18.7 Å². The van der Waals surface area contributed by atoms with Crippen LogP contribution in [0.1, 0.15) is 37.3 Å². The lowest BCUT2D eigenvalue weighted by atomic mass is 10.1. The number of hydrogen-bond donors (Lipinski definition) is 2. The Morgan fingerprint density at radius 2 is 2.07 bits per heavy atom. The molecule has 0 aliphatic heterocycles. The molecule has 1 aromatic carbocycles. The molecule has 0 spiro atoms. The molecular weight excluding hydrogens is 458 g/mol. The highest BCUT2D eigenvalue weighted by atomic mass is 127. The van der Waals surface area contributed by atoms with Crippen molar-refractivity contribution in [3.05, 3.63) is 35.1 Å². The third-order valence-electron chi connectivity index (χ3n) is 4.17. The topological polar surface area (TPSA) is 48.9 Å². The smallest absolute Gasteiger partial charge is 0.191 e. The van der Waals surface area contributed by atoms with E-state index in [0.717, 1.165) is 50.2 Å². The monoisotopic (exact) mass is 492 g/mol. The van der Waals surface area contributed by atoms with Gasteiger partial charge in [-0.25, -0.2) is 9.38 Å². The second-order valence-electron chi connectivity index (χ2n) is 7.16. The van der Waals surface area contributed by atoms with Gasteiger partial charge >= 0.3 is 0 Å². The molecule has 7 heteroatoms. The van der Waals surface area contributed by atoms with Crippen LogP contribution in [0.15, 0.2) is 23.2 Å². The Balaban J connectivity index is 0.00000364. The van der Waals surface area contributed by atoms with Gasteiger partial charge in [0.15, 0.2) is 5.96 Å². The highest BCUT2D eigenvalue weighted by Gasteiger charge is 2.20. The highest BCUT2D eigenvalue weighted by molar-refractivity contribution is 14.0. The average molecular weight is 492 g/mol. The van der Waals surface area contributed by atoms with E-state index < -0.39 is 0 Å². The van der Waals surface area contributed by atoms with Crippen molar-refractivity contribution in [2.24, 2.45) is 10.9 Å². The maximum Gasteiger partial charge on any atom is 0.191 e. The van der Waals surface area contributed by atoms with Gasteiger partial charge in [-0.3, -0.25) is 0 Å². The SMILES string of the molecule is CCNC(=NCc1ccc(F)c(CN(C)C)c1)NCCCOCC1CC1.I. The van der Waals surface area contributed by atoms with Crippen molar-refractivity contribution in [2.75, 3.05) is 40.4 Å². The van der Waals surface area contributed by atoms with E-state index in [9.17, 15) is 4.39 Å². The van der Waals surface area contributed by atoms with Gasteiger partial charge in [-0.15, -0.1) is 24.0 Å². The third kappa shape index (κ3) is 10.3. The van der Waals surface area contributed by atoms with Crippen molar-refractivity contribution in [2.45, 2.75) is 39.3 Å². The van der Waals surface area contributed by atoms with E-state index in [-0.39, 0.29) is 29.8 Å². The fraction of sp³-hybridized carbons (Fsp3) is 0.650. The van der Waals surface area contributed by atoms with Crippen molar-refractivity contribution in [3.63, 3.8) is 0 Å². The number of halogens is 2. The molecule has 0 heterocycles. The van der Waals surface area contributed by atoms with Gasteiger partial charge < -0.3 is 20.3 Å². The summed E-state index contributed by atoms with van der Waals surface area (Å²) in [4.78, 5) is 6.57. The van der Waals surface area contributed by atoms with Crippen LogP contribution in [0.3, 0.4) is 0 Å². The summed E-state index contributed by atoms with van der Waals surface area (Å²) in [6.45, 7) is 6.48. The average Bonchev–Trinajstić information content (AvgIpc) is 3.42. The number of nitrogens with zero attached hydrogens (tertiary/aromatic N) is 2. The first-order chi connectivity index (χ1) is 12.6. The summed E-state index contributed by atoms with van der Waals surface area (Å²) in [5, 5.41) is 6.58. The normalized spacial score (nSPS) is 14.2. The Kier molecular flexibility index (Phi) is 11.9. The van der Waals surface area contributed by atoms with Crippen LogP contribution in [-0.4, -0.2) is 51.3 Å². The van der Waals surface area contributed by atoms with Gasteiger partial charge in [0.2, 0.25) is 0 Å². The van der Waals surface area contributed by atoms with Gasteiger partial charge in [-0.1, -0.05) is 6.07 Å². The van der Waals surface area contributed by atoms with E-state index in [4.69, 9.17) is 4.74 Å². The van der Waals surface area contributed by atoms with Gasteiger partial charge in [0.1, 0.15) is 5.82 Å². The van der Waals surface area contributed by atoms with Crippen molar-refractivity contribution < 1.29 is 9.13 Å². The molecule has 1 aromatic rings. The lowest BCUT2D eigenvalue weighted by Gasteiger charge is -2.13.